The van der Waals surface area contributed by atoms with Crippen molar-refractivity contribution >= 4 is 16.1 Å². The lowest BCUT2D eigenvalue weighted by atomic mass is 10.1. The zero-order valence-electron chi connectivity index (χ0n) is 12.4. The van der Waals surface area contributed by atoms with Crippen molar-refractivity contribution in [2.24, 2.45) is 0 Å². The highest BCUT2D eigenvalue weighted by molar-refractivity contribution is 7.87. The van der Waals surface area contributed by atoms with Gasteiger partial charge in [0, 0.05) is 40.2 Å². The minimum Gasteiger partial charge on any atom is -0.338 e. The van der Waals surface area contributed by atoms with Gasteiger partial charge in [-0.25, -0.2) is 0 Å². The average molecular weight is 311 g/mol. The van der Waals surface area contributed by atoms with Crippen LogP contribution in [0.15, 0.2) is 24.3 Å². The molecule has 0 bridgehead atoms. The lowest BCUT2D eigenvalue weighted by Gasteiger charge is -2.16. The summed E-state index contributed by atoms with van der Waals surface area (Å²) in [6.07, 6.45) is 1.58. The van der Waals surface area contributed by atoms with Gasteiger partial charge < -0.3 is 4.90 Å². The first-order valence-corrected chi connectivity index (χ1v) is 8.35. The highest BCUT2D eigenvalue weighted by Gasteiger charge is 2.19. The van der Waals surface area contributed by atoms with Gasteiger partial charge in [0.1, 0.15) is 0 Å². The molecule has 1 saturated heterocycles. The van der Waals surface area contributed by atoms with E-state index in [1.54, 1.807) is 0 Å². The topological polar surface area (TPSA) is 69.7 Å². The van der Waals surface area contributed by atoms with Crippen LogP contribution in [-0.4, -0.2) is 44.2 Å². The van der Waals surface area contributed by atoms with Crippen LogP contribution in [0.2, 0.25) is 0 Å². The summed E-state index contributed by atoms with van der Waals surface area (Å²) in [6.45, 7) is 1.70. The van der Waals surface area contributed by atoms with E-state index in [0.717, 1.165) is 28.4 Å². The highest BCUT2D eigenvalue weighted by Crippen LogP contribution is 2.14. The Balaban J connectivity index is 1.91. The number of nitrogens with zero attached hydrogens (tertiary/aromatic N) is 2. The standard InChI is InChI=1S/C14H21N3O3S/c1-16(2)21(19,20)15-10-12-5-7-13(8-6-12)11-17-9-3-4-14(17)18/h5-8,15H,3-4,9-11H2,1-2H3. The van der Waals surface area contributed by atoms with Crippen LogP contribution in [-0.2, 0) is 28.1 Å². The van der Waals surface area contributed by atoms with E-state index in [4.69, 9.17) is 0 Å². The molecule has 1 aliphatic heterocycles. The summed E-state index contributed by atoms with van der Waals surface area (Å²) in [5, 5.41) is 0. The third-order valence-electron chi connectivity index (χ3n) is 3.51. The summed E-state index contributed by atoms with van der Waals surface area (Å²) >= 11 is 0. The van der Waals surface area contributed by atoms with Crippen molar-refractivity contribution in [1.82, 2.24) is 13.9 Å². The minimum atomic E-state index is -3.40. The molecule has 0 aromatic heterocycles. The molecule has 116 valence electrons. The monoisotopic (exact) mass is 311 g/mol. The molecular formula is C14H21N3O3S. The molecule has 6 nitrogen and oxygen atoms in total. The molecule has 1 N–H and O–H groups in total. The molecule has 0 spiro atoms. The molecule has 2 rings (SSSR count). The Hall–Kier alpha value is -1.44. The maximum Gasteiger partial charge on any atom is 0.279 e. The predicted molar refractivity (Wildman–Crippen MR) is 80.5 cm³/mol. The number of nitrogens with one attached hydrogen (secondary N) is 1. The van der Waals surface area contributed by atoms with Crippen LogP contribution in [0.4, 0.5) is 0 Å². The summed E-state index contributed by atoms with van der Waals surface area (Å²) in [6, 6.07) is 7.64. The maximum absolute atomic E-state index is 11.6. The SMILES string of the molecule is CN(C)S(=O)(=O)NCc1ccc(CN2CCCC2=O)cc1. The molecule has 0 saturated carbocycles. The number of carbonyl (C=O) groups is 1. The zero-order valence-corrected chi connectivity index (χ0v) is 13.2. The Kier molecular flexibility index (Phi) is 4.97. The molecule has 1 aromatic carbocycles. The summed E-state index contributed by atoms with van der Waals surface area (Å²) < 4.78 is 26.9. The van der Waals surface area contributed by atoms with Crippen LogP contribution in [0, 0.1) is 0 Å². The summed E-state index contributed by atoms with van der Waals surface area (Å²) in [4.78, 5) is 13.4. The predicted octanol–water partition coefficient (Wildman–Crippen LogP) is 0.705. The molecule has 0 atom stereocenters. The first-order chi connectivity index (χ1) is 9.88. The van der Waals surface area contributed by atoms with Crippen LogP contribution in [0.25, 0.3) is 0 Å². The summed E-state index contributed by atoms with van der Waals surface area (Å²) in [5.41, 5.74) is 1.95. The van der Waals surface area contributed by atoms with Crippen molar-refractivity contribution in [3.63, 3.8) is 0 Å². The molecule has 0 radical (unpaired) electrons. The molecule has 1 amide bonds. The first-order valence-electron chi connectivity index (χ1n) is 6.91. The van der Waals surface area contributed by atoms with Crippen molar-refractivity contribution in [2.75, 3.05) is 20.6 Å². The molecular weight excluding hydrogens is 290 g/mol. The molecule has 1 aliphatic rings. The Morgan fingerprint density at radius 1 is 1.19 bits per heavy atom. The maximum atomic E-state index is 11.6. The lowest BCUT2D eigenvalue weighted by molar-refractivity contribution is -0.128. The first kappa shape index (κ1) is 15.9. The van der Waals surface area contributed by atoms with Gasteiger partial charge in [0.15, 0.2) is 0 Å². The van der Waals surface area contributed by atoms with E-state index in [-0.39, 0.29) is 12.5 Å². The number of rotatable bonds is 6. The van der Waals surface area contributed by atoms with Gasteiger partial charge in [0.25, 0.3) is 10.2 Å². The fourth-order valence-corrected chi connectivity index (χ4v) is 2.77. The van der Waals surface area contributed by atoms with E-state index in [1.165, 1.54) is 14.1 Å². The van der Waals surface area contributed by atoms with Gasteiger partial charge in [0.2, 0.25) is 5.91 Å². The molecule has 1 fully saturated rings. The van der Waals surface area contributed by atoms with Crippen LogP contribution < -0.4 is 4.72 Å². The van der Waals surface area contributed by atoms with E-state index in [2.05, 4.69) is 4.72 Å². The van der Waals surface area contributed by atoms with Crippen molar-refractivity contribution in [2.45, 2.75) is 25.9 Å². The Morgan fingerprint density at radius 3 is 2.33 bits per heavy atom. The van der Waals surface area contributed by atoms with Gasteiger partial charge in [-0.2, -0.15) is 17.4 Å². The second kappa shape index (κ2) is 6.55. The zero-order chi connectivity index (χ0) is 15.5. The Morgan fingerprint density at radius 2 is 1.81 bits per heavy atom. The average Bonchev–Trinajstić information content (AvgIpc) is 2.83. The number of likely N-dealkylation sites (tertiary alicyclic amines) is 1. The van der Waals surface area contributed by atoms with E-state index >= 15 is 0 Å². The van der Waals surface area contributed by atoms with Crippen LogP contribution in [0.3, 0.4) is 0 Å². The molecule has 1 heterocycles. The van der Waals surface area contributed by atoms with Gasteiger partial charge in [-0.15, -0.1) is 0 Å². The third kappa shape index (κ3) is 4.26. The van der Waals surface area contributed by atoms with Crippen LogP contribution in [0.5, 0.6) is 0 Å². The van der Waals surface area contributed by atoms with Crippen LogP contribution >= 0.6 is 0 Å². The van der Waals surface area contributed by atoms with Gasteiger partial charge in [-0.3, -0.25) is 4.79 Å². The van der Waals surface area contributed by atoms with Crippen molar-refractivity contribution in [3.05, 3.63) is 35.4 Å². The lowest BCUT2D eigenvalue weighted by Crippen LogP contribution is -2.35. The second-order valence-corrected chi connectivity index (χ2v) is 7.31. The van der Waals surface area contributed by atoms with Gasteiger partial charge >= 0.3 is 0 Å². The fourth-order valence-electron chi connectivity index (χ4n) is 2.16. The highest BCUT2D eigenvalue weighted by atomic mass is 32.2. The molecule has 0 unspecified atom stereocenters. The minimum absolute atomic E-state index is 0.206. The third-order valence-corrected chi connectivity index (χ3v) is 4.98. The molecule has 21 heavy (non-hydrogen) atoms. The van der Waals surface area contributed by atoms with Crippen molar-refractivity contribution in [1.29, 1.82) is 0 Å². The Labute approximate surface area is 125 Å². The largest absolute Gasteiger partial charge is 0.338 e. The summed E-state index contributed by atoms with van der Waals surface area (Å²) in [7, 11) is -0.433. The number of carbonyl (C=O) groups excluding carboxylic acids is 1. The quantitative estimate of drug-likeness (QED) is 0.841. The Bertz CT molecular complexity index is 596. The number of amides is 1. The number of hydrogen-bond acceptors (Lipinski definition) is 3. The van der Waals surface area contributed by atoms with Crippen molar-refractivity contribution < 1.29 is 13.2 Å². The smallest absolute Gasteiger partial charge is 0.279 e. The number of benzene rings is 1. The molecule has 0 aliphatic carbocycles. The van der Waals surface area contributed by atoms with E-state index in [0.29, 0.717) is 13.0 Å². The fraction of sp³-hybridized carbons (Fsp3) is 0.500. The van der Waals surface area contributed by atoms with Crippen LogP contribution in [0.1, 0.15) is 24.0 Å². The second-order valence-electron chi connectivity index (χ2n) is 5.34. The summed E-state index contributed by atoms with van der Waals surface area (Å²) in [5.74, 6) is 0.206. The van der Waals surface area contributed by atoms with Gasteiger partial charge in [-0.1, -0.05) is 24.3 Å². The molecule has 1 aromatic rings. The number of hydrogen-bond donors (Lipinski definition) is 1. The van der Waals surface area contributed by atoms with E-state index < -0.39 is 10.2 Å². The van der Waals surface area contributed by atoms with Gasteiger partial charge in [-0.05, 0) is 17.5 Å². The molecule has 7 heteroatoms. The van der Waals surface area contributed by atoms with Crippen molar-refractivity contribution in [3.8, 4) is 0 Å². The van der Waals surface area contributed by atoms with E-state index in [1.807, 2.05) is 29.2 Å². The van der Waals surface area contributed by atoms with Gasteiger partial charge in [0.05, 0.1) is 0 Å². The normalized spacial score (nSPS) is 16.0. The van der Waals surface area contributed by atoms with E-state index in [9.17, 15) is 13.2 Å².